The molecule has 2 N–H and O–H groups in total. The third-order valence-electron chi connectivity index (χ3n) is 2.46. The molecule has 0 fully saturated rings. The largest absolute Gasteiger partial charge is 0.494 e. The van der Waals surface area contributed by atoms with Gasteiger partial charge in [-0.1, -0.05) is 26.0 Å². The summed E-state index contributed by atoms with van der Waals surface area (Å²) in [6.45, 7) is 5.35. The van der Waals surface area contributed by atoms with Gasteiger partial charge in [-0.3, -0.25) is 4.21 Å². The topological polar surface area (TPSA) is 52.3 Å². The summed E-state index contributed by atoms with van der Waals surface area (Å²) < 4.78 is 17.2. The van der Waals surface area contributed by atoms with Crippen LogP contribution in [0, 0.1) is 5.92 Å². The molecule has 4 heteroatoms. The number of rotatable bonds is 8. The fraction of sp³-hybridized carbons (Fsp3) is 0.571. The van der Waals surface area contributed by atoms with Gasteiger partial charge in [0.05, 0.1) is 6.61 Å². The van der Waals surface area contributed by atoms with E-state index < -0.39 is 10.8 Å². The highest BCUT2D eigenvalue weighted by atomic mass is 32.2. The van der Waals surface area contributed by atoms with E-state index in [1.54, 1.807) is 0 Å². The molecule has 1 unspecified atom stereocenters. The molecule has 0 saturated carbocycles. The predicted octanol–water partition coefficient (Wildman–Crippen LogP) is 2.32. The van der Waals surface area contributed by atoms with Crippen LogP contribution in [0.5, 0.6) is 5.75 Å². The van der Waals surface area contributed by atoms with E-state index in [9.17, 15) is 4.21 Å². The lowest BCUT2D eigenvalue weighted by Crippen LogP contribution is -2.10. The van der Waals surface area contributed by atoms with E-state index in [1.807, 2.05) is 24.3 Å². The van der Waals surface area contributed by atoms with Gasteiger partial charge in [-0.25, -0.2) is 0 Å². The highest BCUT2D eigenvalue weighted by molar-refractivity contribution is 7.84. The summed E-state index contributed by atoms with van der Waals surface area (Å²) >= 11 is 0. The fourth-order valence-electron chi connectivity index (χ4n) is 1.59. The van der Waals surface area contributed by atoms with Crippen molar-refractivity contribution in [3.8, 4) is 5.75 Å². The molecule has 1 rings (SSSR count). The Morgan fingerprint density at radius 2 is 1.94 bits per heavy atom. The molecule has 0 spiro atoms. The van der Waals surface area contributed by atoms with Crippen LogP contribution in [0.1, 0.15) is 25.8 Å². The van der Waals surface area contributed by atoms with E-state index in [2.05, 4.69) is 13.8 Å². The lowest BCUT2D eigenvalue weighted by atomic mass is 10.2. The van der Waals surface area contributed by atoms with Crippen LogP contribution in [0.15, 0.2) is 24.3 Å². The highest BCUT2D eigenvalue weighted by Gasteiger charge is 2.03. The Morgan fingerprint density at radius 1 is 1.28 bits per heavy atom. The standard InChI is InChI=1S/C14H23NO2S/c1-12(2)11-18(16)9-3-8-17-14-6-4-13(10-15)5-7-14/h4-7,12H,3,8-11,15H2,1-2H3. The van der Waals surface area contributed by atoms with Crippen molar-refractivity contribution in [1.29, 1.82) is 0 Å². The first-order valence-electron chi connectivity index (χ1n) is 6.38. The summed E-state index contributed by atoms with van der Waals surface area (Å²) in [6.07, 6.45) is 0.831. The summed E-state index contributed by atoms with van der Waals surface area (Å²) in [6, 6.07) is 7.78. The second kappa shape index (κ2) is 8.27. The molecule has 1 aromatic carbocycles. The van der Waals surface area contributed by atoms with Crippen LogP contribution in [0.25, 0.3) is 0 Å². The maximum Gasteiger partial charge on any atom is 0.119 e. The van der Waals surface area contributed by atoms with Crippen molar-refractivity contribution in [2.45, 2.75) is 26.8 Å². The third-order valence-corrected chi connectivity index (χ3v) is 4.25. The van der Waals surface area contributed by atoms with Crippen molar-refractivity contribution in [3.63, 3.8) is 0 Å². The summed E-state index contributed by atoms with van der Waals surface area (Å²) in [5.41, 5.74) is 6.62. The Bertz CT molecular complexity index is 363. The van der Waals surface area contributed by atoms with Crippen LogP contribution in [-0.4, -0.2) is 22.3 Å². The fourth-order valence-corrected chi connectivity index (χ4v) is 2.94. The van der Waals surface area contributed by atoms with Crippen molar-refractivity contribution in [2.24, 2.45) is 11.7 Å². The molecule has 1 aromatic rings. The zero-order valence-corrected chi connectivity index (χ0v) is 12.0. The molecule has 3 nitrogen and oxygen atoms in total. The molecular formula is C14H23NO2S. The highest BCUT2D eigenvalue weighted by Crippen LogP contribution is 2.12. The molecule has 102 valence electrons. The summed E-state index contributed by atoms with van der Waals surface area (Å²) in [7, 11) is -0.710. The summed E-state index contributed by atoms with van der Waals surface area (Å²) in [5, 5.41) is 0. The van der Waals surface area contributed by atoms with E-state index in [4.69, 9.17) is 10.5 Å². The minimum atomic E-state index is -0.710. The maximum absolute atomic E-state index is 11.6. The first-order chi connectivity index (χ1) is 8.61. The van der Waals surface area contributed by atoms with Gasteiger partial charge in [0, 0.05) is 28.9 Å². The number of nitrogens with two attached hydrogens (primary N) is 1. The molecule has 0 radical (unpaired) electrons. The normalized spacial score (nSPS) is 12.7. The molecule has 0 aliphatic heterocycles. The average molecular weight is 269 g/mol. The molecule has 1 atom stereocenters. The second-order valence-electron chi connectivity index (χ2n) is 4.75. The monoisotopic (exact) mass is 269 g/mol. The molecule has 0 heterocycles. The Morgan fingerprint density at radius 3 is 2.50 bits per heavy atom. The van der Waals surface area contributed by atoms with Crippen molar-refractivity contribution < 1.29 is 8.95 Å². The number of hydrogen-bond acceptors (Lipinski definition) is 3. The molecular weight excluding hydrogens is 246 g/mol. The smallest absolute Gasteiger partial charge is 0.119 e. The van der Waals surface area contributed by atoms with Gasteiger partial charge in [-0.2, -0.15) is 0 Å². The van der Waals surface area contributed by atoms with Crippen LogP contribution in [0.3, 0.4) is 0 Å². The van der Waals surface area contributed by atoms with Crippen molar-refractivity contribution in [3.05, 3.63) is 29.8 Å². The minimum absolute atomic E-state index is 0.496. The Hall–Kier alpha value is -0.870. The third kappa shape index (κ3) is 6.17. The van der Waals surface area contributed by atoms with E-state index >= 15 is 0 Å². The molecule has 0 aliphatic carbocycles. The Balaban J connectivity index is 2.19. The quantitative estimate of drug-likeness (QED) is 0.737. The molecule has 0 saturated heterocycles. The van der Waals surface area contributed by atoms with E-state index in [0.717, 1.165) is 29.2 Å². The Kier molecular flexibility index (Phi) is 6.98. The zero-order valence-electron chi connectivity index (χ0n) is 11.2. The molecule has 0 bridgehead atoms. The minimum Gasteiger partial charge on any atom is -0.494 e. The van der Waals surface area contributed by atoms with Gasteiger partial charge in [-0.05, 0) is 30.0 Å². The number of ether oxygens (including phenoxy) is 1. The van der Waals surface area contributed by atoms with Crippen LogP contribution in [-0.2, 0) is 17.3 Å². The van der Waals surface area contributed by atoms with Crippen LogP contribution in [0.2, 0.25) is 0 Å². The van der Waals surface area contributed by atoms with Crippen LogP contribution >= 0.6 is 0 Å². The first kappa shape index (κ1) is 15.2. The van der Waals surface area contributed by atoms with Crippen LogP contribution < -0.4 is 10.5 Å². The Labute approximate surface area is 112 Å². The van der Waals surface area contributed by atoms with Gasteiger partial charge in [0.2, 0.25) is 0 Å². The van der Waals surface area contributed by atoms with Gasteiger partial charge in [0.25, 0.3) is 0 Å². The van der Waals surface area contributed by atoms with Gasteiger partial charge in [0.1, 0.15) is 5.75 Å². The molecule has 0 aromatic heterocycles. The van der Waals surface area contributed by atoms with Gasteiger partial charge < -0.3 is 10.5 Å². The van der Waals surface area contributed by atoms with Crippen molar-refractivity contribution >= 4 is 10.8 Å². The van der Waals surface area contributed by atoms with E-state index in [0.29, 0.717) is 19.1 Å². The molecule has 18 heavy (non-hydrogen) atoms. The van der Waals surface area contributed by atoms with Crippen molar-refractivity contribution in [1.82, 2.24) is 0 Å². The summed E-state index contributed by atoms with van der Waals surface area (Å²) in [4.78, 5) is 0. The van der Waals surface area contributed by atoms with Gasteiger partial charge >= 0.3 is 0 Å². The van der Waals surface area contributed by atoms with E-state index in [1.165, 1.54) is 0 Å². The van der Waals surface area contributed by atoms with Gasteiger partial charge in [0.15, 0.2) is 0 Å². The van der Waals surface area contributed by atoms with Gasteiger partial charge in [-0.15, -0.1) is 0 Å². The average Bonchev–Trinajstić information content (AvgIpc) is 2.34. The first-order valence-corrected chi connectivity index (χ1v) is 7.87. The second-order valence-corrected chi connectivity index (χ2v) is 6.38. The molecule has 0 amide bonds. The summed E-state index contributed by atoms with van der Waals surface area (Å²) in [5.74, 6) is 2.85. The SMILES string of the molecule is CC(C)CS(=O)CCCOc1ccc(CN)cc1. The lowest BCUT2D eigenvalue weighted by Gasteiger charge is -2.07. The maximum atomic E-state index is 11.6. The predicted molar refractivity (Wildman–Crippen MR) is 77.2 cm³/mol. The van der Waals surface area contributed by atoms with Crippen molar-refractivity contribution in [2.75, 3.05) is 18.1 Å². The number of hydrogen-bond donors (Lipinski definition) is 1. The lowest BCUT2D eigenvalue weighted by molar-refractivity contribution is 0.318. The van der Waals surface area contributed by atoms with E-state index in [-0.39, 0.29) is 0 Å². The molecule has 0 aliphatic rings. The zero-order chi connectivity index (χ0) is 13.4. The van der Waals surface area contributed by atoms with Crippen LogP contribution in [0.4, 0.5) is 0 Å². The number of benzene rings is 1.